The molecule has 3 aliphatic rings. The number of aliphatic hydroxyl groups is 3. The highest BCUT2D eigenvalue weighted by atomic mass is 16.5. The molecule has 43 heavy (non-hydrogen) atoms. The summed E-state index contributed by atoms with van der Waals surface area (Å²) >= 11 is 0. The lowest BCUT2D eigenvalue weighted by Gasteiger charge is -2.45. The van der Waals surface area contributed by atoms with Crippen LogP contribution in [0, 0.1) is 11.8 Å². The van der Waals surface area contributed by atoms with E-state index < -0.39 is 63.9 Å². The molecule has 0 aromatic heterocycles. The van der Waals surface area contributed by atoms with Crippen molar-refractivity contribution in [2.75, 3.05) is 13.2 Å². The summed E-state index contributed by atoms with van der Waals surface area (Å²) in [5.41, 5.74) is 3.21. The van der Waals surface area contributed by atoms with Gasteiger partial charge in [-0.3, -0.25) is 24.0 Å². The van der Waals surface area contributed by atoms with Crippen LogP contribution in [0.15, 0.2) is 59.1 Å². The Labute approximate surface area is 245 Å². The van der Waals surface area contributed by atoms with Crippen LogP contribution in [0.25, 0.3) is 11.1 Å². The van der Waals surface area contributed by atoms with Crippen molar-refractivity contribution in [3.05, 3.63) is 75.8 Å². The fraction of sp³-hybridized carbons (Fsp3) is 0.323. The van der Waals surface area contributed by atoms with E-state index >= 15 is 0 Å². The van der Waals surface area contributed by atoms with Gasteiger partial charge in [-0.15, -0.1) is 0 Å². The number of aromatic hydroxyl groups is 1. The fourth-order valence-electron chi connectivity index (χ4n) is 6.33. The lowest BCUT2D eigenvalue weighted by Crippen LogP contribution is -2.57. The van der Waals surface area contributed by atoms with Gasteiger partial charge in [-0.2, -0.15) is 0 Å². The van der Waals surface area contributed by atoms with E-state index in [1.54, 1.807) is 37.3 Å². The van der Waals surface area contributed by atoms with E-state index in [0.717, 1.165) is 0 Å². The zero-order chi connectivity index (χ0) is 31.2. The summed E-state index contributed by atoms with van der Waals surface area (Å²) in [5, 5.41) is 46.3. The summed E-state index contributed by atoms with van der Waals surface area (Å²) in [6.07, 6.45) is -0.194. The van der Waals surface area contributed by atoms with Crippen molar-refractivity contribution in [1.82, 2.24) is 5.32 Å². The smallest absolute Gasteiger partial charge is 0.307 e. The normalized spacial score (nSPS) is 22.8. The fourth-order valence-corrected chi connectivity index (χ4v) is 6.33. The monoisotopic (exact) mass is 590 g/mol. The summed E-state index contributed by atoms with van der Waals surface area (Å²) in [5.74, 6) is -7.86. The first kappa shape index (κ1) is 29.5. The van der Waals surface area contributed by atoms with Gasteiger partial charge in [0, 0.05) is 30.0 Å². The molecule has 2 aromatic carbocycles. The van der Waals surface area contributed by atoms with Gasteiger partial charge in [-0.25, -0.2) is 0 Å². The zero-order valence-corrected chi connectivity index (χ0v) is 23.2. The Bertz CT molecular complexity index is 1660. The van der Waals surface area contributed by atoms with Crippen LogP contribution in [0.1, 0.15) is 52.5 Å². The number of allylic oxidation sites excluding steroid dienone is 2. The third kappa shape index (κ3) is 4.83. The first-order chi connectivity index (χ1) is 20.4. The Morgan fingerprint density at radius 3 is 2.53 bits per heavy atom. The number of ketones is 2. The highest BCUT2D eigenvalue weighted by Gasteiger charge is 2.59. The zero-order valence-electron chi connectivity index (χ0n) is 23.2. The highest BCUT2D eigenvalue weighted by Crippen LogP contribution is 2.52. The minimum Gasteiger partial charge on any atom is -0.511 e. The molecule has 3 atom stereocenters. The summed E-state index contributed by atoms with van der Waals surface area (Å²) in [6, 6.07) is 9.47. The molecular weight excluding hydrogens is 560 g/mol. The number of primary amides is 1. The van der Waals surface area contributed by atoms with E-state index in [-0.39, 0.29) is 55.7 Å². The molecule has 0 fully saturated rings. The van der Waals surface area contributed by atoms with E-state index in [1.807, 2.05) is 0 Å². The molecule has 0 spiro atoms. The molecule has 2 amide bonds. The maximum atomic E-state index is 13.8. The van der Waals surface area contributed by atoms with E-state index in [1.165, 1.54) is 6.07 Å². The first-order valence-electron chi connectivity index (χ1n) is 13.8. The van der Waals surface area contributed by atoms with Crippen molar-refractivity contribution in [1.29, 1.82) is 0 Å². The lowest BCUT2D eigenvalue weighted by atomic mass is 9.60. The maximum absolute atomic E-state index is 13.8. The number of amides is 2. The average Bonchev–Trinajstić information content (AvgIpc) is 2.95. The van der Waals surface area contributed by atoms with Crippen molar-refractivity contribution in [3.63, 3.8) is 0 Å². The Balaban J connectivity index is 1.51. The second-order valence-corrected chi connectivity index (χ2v) is 10.8. The summed E-state index contributed by atoms with van der Waals surface area (Å²) in [7, 11) is 0. The molecule has 5 rings (SSSR count). The molecule has 0 radical (unpaired) electrons. The van der Waals surface area contributed by atoms with E-state index in [0.29, 0.717) is 22.3 Å². The third-order valence-electron chi connectivity index (χ3n) is 8.30. The molecular formula is C31H30N2O10. The summed E-state index contributed by atoms with van der Waals surface area (Å²) < 4.78 is 4.86. The van der Waals surface area contributed by atoms with Gasteiger partial charge < -0.3 is 36.2 Å². The number of carbonyl (C=O) groups is 5. The van der Waals surface area contributed by atoms with Crippen LogP contribution < -0.4 is 11.1 Å². The SMILES string of the molecule is CCOC(=O)CCNC(=O)c1cccc(-c2ccc(O)c3c2CC2C[C@H]4CC(O)=C(C(N)=O)C(=O)[C@@]4(O)C(O)=C2C3=O)c1. The third-order valence-corrected chi connectivity index (χ3v) is 8.30. The van der Waals surface area contributed by atoms with Gasteiger partial charge in [0.15, 0.2) is 11.4 Å². The maximum Gasteiger partial charge on any atom is 0.307 e. The van der Waals surface area contributed by atoms with Crippen LogP contribution >= 0.6 is 0 Å². The van der Waals surface area contributed by atoms with Gasteiger partial charge >= 0.3 is 5.97 Å². The molecule has 1 unspecified atom stereocenters. The number of phenolic OH excluding ortho intramolecular Hbond substituents is 1. The number of benzene rings is 2. The number of ether oxygens (including phenoxy) is 1. The molecule has 0 saturated carbocycles. The number of aliphatic hydroxyl groups excluding tert-OH is 2. The van der Waals surface area contributed by atoms with Crippen LogP contribution in [0.2, 0.25) is 0 Å². The molecule has 2 aromatic rings. The Morgan fingerprint density at radius 1 is 1.09 bits per heavy atom. The number of esters is 1. The molecule has 0 bridgehead atoms. The average molecular weight is 591 g/mol. The second kappa shape index (κ2) is 11.0. The molecule has 0 saturated heterocycles. The summed E-state index contributed by atoms with van der Waals surface area (Å²) in [4.78, 5) is 63.1. The largest absolute Gasteiger partial charge is 0.511 e. The number of phenols is 1. The molecule has 0 aliphatic heterocycles. The van der Waals surface area contributed by atoms with Crippen LogP contribution in [0.4, 0.5) is 0 Å². The molecule has 3 aliphatic carbocycles. The Morgan fingerprint density at radius 2 is 1.84 bits per heavy atom. The first-order valence-corrected chi connectivity index (χ1v) is 13.8. The van der Waals surface area contributed by atoms with Gasteiger partial charge in [0.2, 0.25) is 5.78 Å². The number of nitrogens with one attached hydrogen (secondary N) is 1. The molecule has 12 heteroatoms. The van der Waals surface area contributed by atoms with Gasteiger partial charge in [0.05, 0.1) is 18.6 Å². The lowest BCUT2D eigenvalue weighted by molar-refractivity contribution is -0.144. The highest BCUT2D eigenvalue weighted by molar-refractivity contribution is 6.24. The number of fused-ring (bicyclic) bond motifs is 3. The van der Waals surface area contributed by atoms with E-state index in [4.69, 9.17) is 10.5 Å². The standard InChI is InChI=1S/C31H30N2O10/c1-2-43-22(36)8-9-33-30(41)15-5-3-4-14(10-15)18-6-7-20(34)24-19(18)12-16-11-17-13-21(35)25(29(32)40)28(39)31(17,42)27(38)23(16)26(24)37/h3-7,10,16-17,34-35,38,42H,2,8-9,11-13H2,1H3,(H2,32,40)(H,33,41)/t16?,17-,31-/m0/s1. The molecule has 224 valence electrons. The van der Waals surface area contributed by atoms with Gasteiger partial charge in [-0.05, 0) is 60.6 Å². The predicted octanol–water partition coefficient (Wildman–Crippen LogP) is 1.93. The number of rotatable bonds is 7. The second-order valence-electron chi connectivity index (χ2n) is 10.8. The van der Waals surface area contributed by atoms with Crippen molar-refractivity contribution >= 4 is 29.4 Å². The van der Waals surface area contributed by atoms with Crippen molar-refractivity contribution < 1.29 is 49.1 Å². The van der Waals surface area contributed by atoms with Gasteiger partial charge in [0.25, 0.3) is 11.8 Å². The number of Topliss-reactive ketones (excluding diaryl/α,β-unsaturated/α-hetero) is 2. The predicted molar refractivity (Wildman–Crippen MR) is 150 cm³/mol. The molecule has 0 heterocycles. The number of carbonyl (C=O) groups excluding carboxylic acids is 5. The van der Waals surface area contributed by atoms with Crippen LogP contribution in [-0.2, 0) is 25.5 Å². The Hall–Kier alpha value is -4.97. The Kier molecular flexibility index (Phi) is 7.57. The number of hydrogen-bond donors (Lipinski definition) is 6. The van der Waals surface area contributed by atoms with Crippen LogP contribution in [0.3, 0.4) is 0 Å². The quantitative estimate of drug-likeness (QED) is 0.204. The van der Waals surface area contributed by atoms with E-state index in [2.05, 4.69) is 5.32 Å². The summed E-state index contributed by atoms with van der Waals surface area (Å²) in [6.45, 7) is 2.00. The minimum absolute atomic E-state index is 0.000915. The van der Waals surface area contributed by atoms with Crippen molar-refractivity contribution in [3.8, 4) is 16.9 Å². The molecule has 12 nitrogen and oxygen atoms in total. The molecule has 7 N–H and O–H groups in total. The number of hydrogen-bond acceptors (Lipinski definition) is 10. The van der Waals surface area contributed by atoms with Crippen molar-refractivity contribution in [2.24, 2.45) is 17.6 Å². The van der Waals surface area contributed by atoms with Gasteiger partial charge in [0.1, 0.15) is 22.8 Å². The van der Waals surface area contributed by atoms with Crippen molar-refractivity contribution in [2.45, 2.75) is 38.2 Å². The van der Waals surface area contributed by atoms with Crippen LogP contribution in [-0.4, -0.2) is 68.5 Å². The van der Waals surface area contributed by atoms with Gasteiger partial charge in [-0.1, -0.05) is 18.2 Å². The topological polar surface area (TPSA) is 214 Å². The number of nitrogens with two attached hydrogens (primary N) is 1. The van der Waals surface area contributed by atoms with Crippen LogP contribution in [0.5, 0.6) is 5.75 Å². The van der Waals surface area contributed by atoms with E-state index in [9.17, 15) is 44.4 Å². The minimum atomic E-state index is -2.64.